The Labute approximate surface area is 125 Å². The van der Waals surface area contributed by atoms with Crippen LogP contribution in [-0.4, -0.2) is 11.8 Å². The van der Waals surface area contributed by atoms with Gasteiger partial charge in [-0.15, -0.1) is 0 Å². The van der Waals surface area contributed by atoms with E-state index in [1.807, 2.05) is 6.07 Å². The normalized spacial score (nSPS) is 18.0. The summed E-state index contributed by atoms with van der Waals surface area (Å²) in [6.45, 7) is 0. The van der Waals surface area contributed by atoms with Crippen LogP contribution < -0.4 is 4.90 Å². The van der Waals surface area contributed by atoms with E-state index in [0.29, 0.717) is 24.0 Å². The molecule has 0 bridgehead atoms. The minimum absolute atomic E-state index is 0.0264. The van der Waals surface area contributed by atoms with Crippen LogP contribution in [0.25, 0.3) is 0 Å². The molecule has 0 spiro atoms. The van der Waals surface area contributed by atoms with Crippen molar-refractivity contribution >= 4 is 29.1 Å². The van der Waals surface area contributed by atoms with Crippen molar-refractivity contribution in [1.82, 2.24) is 0 Å². The molecule has 1 aliphatic carbocycles. The van der Waals surface area contributed by atoms with Crippen molar-refractivity contribution in [2.45, 2.75) is 25.7 Å². The zero-order chi connectivity index (χ0) is 15.1. The smallest absolute Gasteiger partial charge is 0.261 e. The van der Waals surface area contributed by atoms with Crippen LogP contribution in [0.1, 0.15) is 31.2 Å². The molecular formula is C15H10ClFN2O2. The van der Waals surface area contributed by atoms with E-state index in [9.17, 15) is 14.0 Å². The number of rotatable bonds is 1. The molecule has 1 aromatic rings. The summed E-state index contributed by atoms with van der Waals surface area (Å²) in [5.74, 6) is -1.76. The van der Waals surface area contributed by atoms with Crippen LogP contribution in [0.3, 0.4) is 0 Å². The molecule has 0 unspecified atom stereocenters. The molecule has 0 radical (unpaired) electrons. The zero-order valence-corrected chi connectivity index (χ0v) is 11.7. The number of nitrogens with zero attached hydrogens (tertiary/aromatic N) is 2. The van der Waals surface area contributed by atoms with E-state index < -0.39 is 17.6 Å². The summed E-state index contributed by atoms with van der Waals surface area (Å²) in [6.07, 6.45) is 2.77. The third-order valence-electron chi connectivity index (χ3n) is 3.79. The van der Waals surface area contributed by atoms with Crippen molar-refractivity contribution < 1.29 is 14.0 Å². The van der Waals surface area contributed by atoms with Gasteiger partial charge in [-0.05, 0) is 37.8 Å². The lowest BCUT2D eigenvalue weighted by atomic mass is 9.93. The molecule has 0 aromatic heterocycles. The van der Waals surface area contributed by atoms with Gasteiger partial charge in [-0.3, -0.25) is 9.59 Å². The highest BCUT2D eigenvalue weighted by atomic mass is 35.5. The molecule has 0 fully saturated rings. The van der Waals surface area contributed by atoms with Gasteiger partial charge in [0.15, 0.2) is 0 Å². The number of imide groups is 1. The first-order valence-electron chi connectivity index (χ1n) is 6.54. The third-order valence-corrected chi connectivity index (χ3v) is 4.10. The fourth-order valence-electron chi connectivity index (χ4n) is 2.75. The largest absolute Gasteiger partial charge is 0.269 e. The Bertz CT molecular complexity index is 721. The standard InChI is InChI=1S/C15H10ClFN2O2/c16-11-6-12(17)13(5-8(11)7-18)19-14(20)9-3-1-2-4-10(9)15(19)21/h5-6H,1-4H2. The first kappa shape index (κ1) is 13.8. The van der Waals surface area contributed by atoms with Crippen molar-refractivity contribution in [2.75, 3.05) is 4.90 Å². The molecular weight excluding hydrogens is 295 g/mol. The number of hydrogen-bond donors (Lipinski definition) is 0. The zero-order valence-electron chi connectivity index (χ0n) is 10.9. The molecule has 1 aromatic carbocycles. The van der Waals surface area contributed by atoms with Crippen molar-refractivity contribution in [3.63, 3.8) is 0 Å². The molecule has 1 heterocycles. The maximum absolute atomic E-state index is 14.1. The van der Waals surface area contributed by atoms with Crippen LogP contribution >= 0.6 is 11.6 Å². The highest BCUT2D eigenvalue weighted by Gasteiger charge is 2.40. The number of carbonyl (C=O) groups excluding carboxylic acids is 2. The summed E-state index contributed by atoms with van der Waals surface area (Å²) in [7, 11) is 0. The Morgan fingerprint density at radius 3 is 2.24 bits per heavy atom. The first-order chi connectivity index (χ1) is 10.0. The minimum atomic E-state index is -0.791. The van der Waals surface area contributed by atoms with E-state index in [1.165, 1.54) is 0 Å². The Kier molecular flexibility index (Phi) is 3.26. The van der Waals surface area contributed by atoms with Crippen LogP contribution in [-0.2, 0) is 9.59 Å². The second kappa shape index (κ2) is 4.97. The van der Waals surface area contributed by atoms with Gasteiger partial charge in [0.1, 0.15) is 11.9 Å². The molecule has 2 aliphatic rings. The molecule has 2 amide bonds. The molecule has 0 saturated carbocycles. The van der Waals surface area contributed by atoms with E-state index in [-0.39, 0.29) is 16.3 Å². The molecule has 21 heavy (non-hydrogen) atoms. The lowest BCUT2D eigenvalue weighted by Gasteiger charge is -2.16. The second-order valence-corrected chi connectivity index (χ2v) is 5.41. The molecule has 0 N–H and O–H groups in total. The quantitative estimate of drug-likeness (QED) is 0.749. The van der Waals surface area contributed by atoms with Crippen LogP contribution in [0.5, 0.6) is 0 Å². The van der Waals surface area contributed by atoms with Gasteiger partial charge in [0, 0.05) is 11.1 Å². The number of nitriles is 1. The summed E-state index contributed by atoms with van der Waals surface area (Å²) in [5.41, 5.74) is 0.761. The van der Waals surface area contributed by atoms with E-state index in [4.69, 9.17) is 16.9 Å². The maximum atomic E-state index is 14.1. The number of amides is 2. The Hall–Kier alpha value is -2.19. The summed E-state index contributed by atoms with van der Waals surface area (Å²) >= 11 is 5.74. The van der Waals surface area contributed by atoms with Crippen molar-refractivity contribution in [3.05, 3.63) is 39.7 Å². The molecule has 106 valence electrons. The average Bonchev–Trinajstić information content (AvgIpc) is 2.72. The Balaban J connectivity index is 2.09. The van der Waals surface area contributed by atoms with Crippen LogP contribution in [0.2, 0.25) is 5.02 Å². The number of halogens is 2. The van der Waals surface area contributed by atoms with Crippen LogP contribution in [0, 0.1) is 17.1 Å². The number of benzene rings is 1. The fourth-order valence-corrected chi connectivity index (χ4v) is 2.95. The highest BCUT2D eigenvalue weighted by Crippen LogP contribution is 2.37. The van der Waals surface area contributed by atoms with E-state index in [1.54, 1.807) is 0 Å². The lowest BCUT2D eigenvalue weighted by molar-refractivity contribution is -0.120. The summed E-state index contributed by atoms with van der Waals surface area (Å²) in [4.78, 5) is 25.5. The molecule has 1 aliphatic heterocycles. The van der Waals surface area contributed by atoms with Gasteiger partial charge in [-0.1, -0.05) is 11.6 Å². The maximum Gasteiger partial charge on any atom is 0.261 e. The second-order valence-electron chi connectivity index (χ2n) is 5.01. The Morgan fingerprint density at radius 2 is 1.71 bits per heavy atom. The summed E-state index contributed by atoms with van der Waals surface area (Å²) in [6, 6.07) is 3.91. The van der Waals surface area contributed by atoms with Gasteiger partial charge in [0.2, 0.25) is 0 Å². The molecule has 0 saturated heterocycles. The van der Waals surface area contributed by atoms with Crippen molar-refractivity contribution in [2.24, 2.45) is 0 Å². The lowest BCUT2D eigenvalue weighted by Crippen LogP contribution is -2.32. The van der Waals surface area contributed by atoms with E-state index >= 15 is 0 Å². The van der Waals surface area contributed by atoms with Crippen molar-refractivity contribution in [3.8, 4) is 6.07 Å². The highest BCUT2D eigenvalue weighted by molar-refractivity contribution is 6.34. The Morgan fingerprint density at radius 1 is 1.14 bits per heavy atom. The minimum Gasteiger partial charge on any atom is -0.269 e. The molecule has 0 atom stereocenters. The van der Waals surface area contributed by atoms with Gasteiger partial charge in [0.25, 0.3) is 11.8 Å². The summed E-state index contributed by atoms with van der Waals surface area (Å²) < 4.78 is 14.1. The van der Waals surface area contributed by atoms with E-state index in [0.717, 1.165) is 29.9 Å². The number of hydrogen-bond acceptors (Lipinski definition) is 3. The van der Waals surface area contributed by atoms with Crippen LogP contribution in [0.15, 0.2) is 23.3 Å². The first-order valence-corrected chi connectivity index (χ1v) is 6.92. The molecule has 3 rings (SSSR count). The van der Waals surface area contributed by atoms with E-state index in [2.05, 4.69) is 0 Å². The van der Waals surface area contributed by atoms with Gasteiger partial charge in [-0.2, -0.15) is 5.26 Å². The van der Waals surface area contributed by atoms with Crippen LogP contribution in [0.4, 0.5) is 10.1 Å². The predicted molar refractivity (Wildman–Crippen MR) is 74.1 cm³/mol. The van der Waals surface area contributed by atoms with Gasteiger partial charge >= 0.3 is 0 Å². The van der Waals surface area contributed by atoms with Gasteiger partial charge in [0.05, 0.1) is 16.3 Å². The monoisotopic (exact) mass is 304 g/mol. The third kappa shape index (κ3) is 2.03. The van der Waals surface area contributed by atoms with Gasteiger partial charge in [-0.25, -0.2) is 9.29 Å². The molecule has 4 nitrogen and oxygen atoms in total. The fraction of sp³-hybridized carbons (Fsp3) is 0.267. The number of anilines is 1. The van der Waals surface area contributed by atoms with Crippen molar-refractivity contribution in [1.29, 1.82) is 5.26 Å². The topological polar surface area (TPSA) is 61.2 Å². The summed E-state index contributed by atoms with van der Waals surface area (Å²) in [5, 5.41) is 8.91. The average molecular weight is 305 g/mol. The number of carbonyl (C=O) groups is 2. The SMILES string of the molecule is N#Cc1cc(N2C(=O)C3=C(CCCC3)C2=O)c(F)cc1Cl. The molecule has 6 heteroatoms. The van der Waals surface area contributed by atoms with Gasteiger partial charge < -0.3 is 0 Å². The predicted octanol–water partition coefficient (Wildman–Crippen LogP) is 3.09.